The van der Waals surface area contributed by atoms with E-state index in [1.807, 2.05) is 19.1 Å². The molecule has 0 fully saturated rings. The number of hydrogen-bond acceptors (Lipinski definition) is 4. The monoisotopic (exact) mass is 356 g/mol. The maximum absolute atomic E-state index is 12.9. The number of nitrogens with zero attached hydrogens (tertiary/aromatic N) is 2. The predicted molar refractivity (Wildman–Crippen MR) is 106 cm³/mol. The van der Waals surface area contributed by atoms with Gasteiger partial charge in [0, 0.05) is 29.7 Å². The van der Waals surface area contributed by atoms with Gasteiger partial charge in [-0.25, -0.2) is 4.79 Å². The van der Waals surface area contributed by atoms with Crippen LogP contribution in [0.15, 0.2) is 39.5 Å². The van der Waals surface area contributed by atoms with Crippen molar-refractivity contribution >= 4 is 16.7 Å². The summed E-state index contributed by atoms with van der Waals surface area (Å²) >= 11 is 0. The highest BCUT2D eigenvalue weighted by molar-refractivity contribution is 5.93. The van der Waals surface area contributed by atoms with Gasteiger partial charge in [0.15, 0.2) is 0 Å². The van der Waals surface area contributed by atoms with Crippen LogP contribution < -0.4 is 10.5 Å². The lowest BCUT2D eigenvalue weighted by Crippen LogP contribution is -2.34. The fourth-order valence-electron chi connectivity index (χ4n) is 4.70. The van der Waals surface area contributed by atoms with E-state index in [0.29, 0.717) is 11.1 Å². The maximum atomic E-state index is 12.9. The van der Waals surface area contributed by atoms with Gasteiger partial charge < -0.3 is 9.32 Å². The van der Waals surface area contributed by atoms with Crippen molar-refractivity contribution in [1.29, 1.82) is 5.26 Å². The zero-order chi connectivity index (χ0) is 18.5. The van der Waals surface area contributed by atoms with E-state index in [9.17, 15) is 4.79 Å². The quantitative estimate of drug-likeness (QED) is 0.609. The van der Waals surface area contributed by atoms with Crippen molar-refractivity contribution in [2.75, 3.05) is 18.0 Å². The largest absolute Gasteiger partial charge is 0.422 e. The Hall–Kier alpha value is -3.06. The Morgan fingerprint density at radius 1 is 1.11 bits per heavy atom. The van der Waals surface area contributed by atoms with Crippen LogP contribution in [-0.2, 0) is 12.8 Å². The molecule has 2 aromatic carbocycles. The molecule has 3 aromatic rings. The van der Waals surface area contributed by atoms with Crippen LogP contribution in [0.5, 0.6) is 0 Å². The lowest BCUT2D eigenvalue weighted by Gasteiger charge is -2.37. The van der Waals surface area contributed by atoms with E-state index in [1.165, 1.54) is 23.2 Å². The van der Waals surface area contributed by atoms with E-state index in [-0.39, 0.29) is 5.63 Å². The van der Waals surface area contributed by atoms with Crippen LogP contribution in [0.4, 0.5) is 5.69 Å². The summed E-state index contributed by atoms with van der Waals surface area (Å²) < 4.78 is 5.91. The van der Waals surface area contributed by atoms with Gasteiger partial charge in [-0.1, -0.05) is 12.1 Å². The minimum atomic E-state index is -0.297. The van der Waals surface area contributed by atoms with Gasteiger partial charge in [0.1, 0.15) is 5.58 Å². The molecule has 0 atom stereocenters. The van der Waals surface area contributed by atoms with Crippen molar-refractivity contribution in [2.24, 2.45) is 0 Å². The van der Waals surface area contributed by atoms with Crippen molar-refractivity contribution in [2.45, 2.75) is 32.6 Å². The highest BCUT2D eigenvalue weighted by Gasteiger charge is 2.28. The molecule has 4 nitrogen and oxygen atoms in total. The van der Waals surface area contributed by atoms with E-state index >= 15 is 0 Å². The minimum absolute atomic E-state index is 0.297. The number of nitriles is 1. The molecule has 5 rings (SSSR count). The molecule has 1 aromatic heterocycles. The molecule has 0 saturated heterocycles. The van der Waals surface area contributed by atoms with Gasteiger partial charge in [0.25, 0.3) is 0 Å². The molecule has 0 amide bonds. The Kier molecular flexibility index (Phi) is 3.58. The average Bonchev–Trinajstić information content (AvgIpc) is 2.70. The second-order valence-corrected chi connectivity index (χ2v) is 7.51. The first-order chi connectivity index (χ1) is 13.2. The summed E-state index contributed by atoms with van der Waals surface area (Å²) in [5.74, 6) is 0. The molecule has 3 heterocycles. The summed E-state index contributed by atoms with van der Waals surface area (Å²) in [4.78, 5) is 15.4. The molecule has 27 heavy (non-hydrogen) atoms. The maximum Gasteiger partial charge on any atom is 0.344 e. The summed E-state index contributed by atoms with van der Waals surface area (Å²) in [5, 5.41) is 10.1. The molecule has 4 heteroatoms. The summed E-state index contributed by atoms with van der Waals surface area (Å²) in [6.07, 6.45) is 4.33. The van der Waals surface area contributed by atoms with E-state index in [4.69, 9.17) is 9.68 Å². The smallest absolute Gasteiger partial charge is 0.344 e. The molecule has 0 unspecified atom stereocenters. The van der Waals surface area contributed by atoms with E-state index < -0.39 is 0 Å². The molecule has 0 spiro atoms. The topological polar surface area (TPSA) is 57.2 Å². The predicted octanol–water partition coefficient (Wildman–Crippen LogP) is 4.34. The van der Waals surface area contributed by atoms with Crippen molar-refractivity contribution in [3.8, 4) is 17.2 Å². The average molecular weight is 356 g/mol. The number of hydrogen-bond donors (Lipinski definition) is 0. The van der Waals surface area contributed by atoms with Gasteiger partial charge in [-0.2, -0.15) is 5.26 Å². The van der Waals surface area contributed by atoms with Gasteiger partial charge in [0.2, 0.25) is 0 Å². The van der Waals surface area contributed by atoms with Gasteiger partial charge in [-0.15, -0.1) is 0 Å². The first kappa shape index (κ1) is 16.1. The second kappa shape index (κ2) is 5.99. The molecule has 2 aliphatic rings. The highest BCUT2D eigenvalue weighted by Crippen LogP contribution is 2.41. The third-order valence-electron chi connectivity index (χ3n) is 5.95. The van der Waals surface area contributed by atoms with Gasteiger partial charge in [0.05, 0.1) is 17.2 Å². The Morgan fingerprint density at radius 3 is 2.59 bits per heavy atom. The highest BCUT2D eigenvalue weighted by atomic mass is 16.4. The number of aryl methyl sites for hydroxylation is 3. The summed E-state index contributed by atoms with van der Waals surface area (Å²) in [6.45, 7) is 4.20. The Bertz CT molecular complexity index is 1160. The molecular weight excluding hydrogens is 336 g/mol. The number of rotatable bonds is 1. The first-order valence-corrected chi connectivity index (χ1v) is 9.55. The number of fused-ring (bicyclic) bond motifs is 2. The van der Waals surface area contributed by atoms with Gasteiger partial charge in [-0.3, -0.25) is 0 Å². The summed E-state index contributed by atoms with van der Waals surface area (Å²) in [5.41, 5.74) is 7.32. The van der Waals surface area contributed by atoms with Crippen molar-refractivity contribution < 1.29 is 4.42 Å². The third-order valence-corrected chi connectivity index (χ3v) is 5.95. The molecular formula is C23H20N2O2. The SMILES string of the molecule is Cc1c(-c2ccc(C#N)cc2)c(=O)oc2c3c4c(cc12)CCCN4CCC3. The normalized spacial score (nSPS) is 15.5. The molecule has 134 valence electrons. The molecule has 0 bridgehead atoms. The van der Waals surface area contributed by atoms with E-state index in [0.717, 1.165) is 54.4 Å². The molecule has 2 aliphatic heterocycles. The summed E-state index contributed by atoms with van der Waals surface area (Å²) in [7, 11) is 0. The van der Waals surface area contributed by atoms with Crippen LogP contribution in [0.1, 0.15) is 35.1 Å². The van der Waals surface area contributed by atoms with Crippen molar-refractivity contribution in [1.82, 2.24) is 0 Å². The lowest BCUT2D eigenvalue weighted by molar-refractivity contribution is 0.551. The van der Waals surface area contributed by atoms with Gasteiger partial charge in [-0.05, 0) is 67.5 Å². The third kappa shape index (κ3) is 2.39. The molecule has 0 radical (unpaired) electrons. The van der Waals surface area contributed by atoms with Crippen molar-refractivity contribution in [3.05, 3.63) is 63.0 Å². The first-order valence-electron chi connectivity index (χ1n) is 9.55. The zero-order valence-corrected chi connectivity index (χ0v) is 15.3. The molecule has 0 aliphatic carbocycles. The molecule has 0 N–H and O–H groups in total. The van der Waals surface area contributed by atoms with Crippen LogP contribution >= 0.6 is 0 Å². The minimum Gasteiger partial charge on any atom is -0.422 e. The van der Waals surface area contributed by atoms with E-state index in [2.05, 4.69) is 17.0 Å². The van der Waals surface area contributed by atoms with E-state index in [1.54, 1.807) is 12.1 Å². The van der Waals surface area contributed by atoms with Crippen LogP contribution in [0.2, 0.25) is 0 Å². The molecule has 0 saturated carbocycles. The zero-order valence-electron chi connectivity index (χ0n) is 15.3. The lowest BCUT2D eigenvalue weighted by atomic mass is 9.88. The van der Waals surface area contributed by atoms with Crippen LogP contribution in [0, 0.1) is 18.3 Å². The van der Waals surface area contributed by atoms with Crippen LogP contribution in [0.25, 0.3) is 22.1 Å². The Morgan fingerprint density at radius 2 is 1.85 bits per heavy atom. The second-order valence-electron chi connectivity index (χ2n) is 7.51. The number of anilines is 1. The van der Waals surface area contributed by atoms with Gasteiger partial charge >= 0.3 is 5.63 Å². The summed E-state index contributed by atoms with van der Waals surface area (Å²) in [6, 6.07) is 11.5. The Balaban J connectivity index is 1.80. The van der Waals surface area contributed by atoms with Crippen LogP contribution in [0.3, 0.4) is 0 Å². The standard InChI is InChI=1S/C23H20N2O2/c1-14-19-12-17-4-2-10-25-11-3-5-18(21(17)25)22(19)27-23(26)20(14)16-8-6-15(13-24)7-9-16/h6-9,12H,2-5,10-11H2,1H3. The Labute approximate surface area is 157 Å². The fraction of sp³-hybridized carbons (Fsp3) is 0.304. The number of benzene rings is 2. The van der Waals surface area contributed by atoms with Crippen molar-refractivity contribution in [3.63, 3.8) is 0 Å². The van der Waals surface area contributed by atoms with Crippen LogP contribution in [-0.4, -0.2) is 13.1 Å². The fourth-order valence-corrected chi connectivity index (χ4v) is 4.70.